The Balaban J connectivity index is 2.04. The average molecular weight is 336 g/mol. The van der Waals surface area contributed by atoms with E-state index < -0.39 is 0 Å². The summed E-state index contributed by atoms with van der Waals surface area (Å²) in [5.74, 6) is 0.277. The first kappa shape index (κ1) is 14.4. The standard InChI is InChI=1S/C13H12N4OS3/c1-7-15-11-12(21-7)10(8-4-3-5-19-8)16-17-13(11)20-6-9(18)14-2/h3-5H,6H2,1-2H3,(H,14,18). The fourth-order valence-corrected chi connectivity index (χ4v) is 4.36. The number of carbonyl (C=O) groups is 1. The number of carbonyl (C=O) groups excluding carboxylic acids is 1. The average Bonchev–Trinajstić information content (AvgIpc) is 3.12. The van der Waals surface area contributed by atoms with Gasteiger partial charge in [0.1, 0.15) is 16.2 Å². The Bertz CT molecular complexity index is 782. The zero-order valence-corrected chi connectivity index (χ0v) is 13.9. The maximum Gasteiger partial charge on any atom is 0.230 e. The number of amides is 1. The van der Waals surface area contributed by atoms with Crippen LogP contribution in [0.2, 0.25) is 0 Å². The van der Waals surface area contributed by atoms with Crippen LogP contribution in [0.1, 0.15) is 5.01 Å². The van der Waals surface area contributed by atoms with Gasteiger partial charge in [0, 0.05) is 7.05 Å². The Labute approximate surface area is 133 Å². The van der Waals surface area contributed by atoms with E-state index in [0.717, 1.165) is 25.8 Å². The van der Waals surface area contributed by atoms with Crippen molar-refractivity contribution >= 4 is 50.6 Å². The van der Waals surface area contributed by atoms with Crippen molar-refractivity contribution in [3.8, 4) is 10.6 Å². The first-order valence-electron chi connectivity index (χ1n) is 6.20. The molecule has 3 aromatic heterocycles. The Hall–Kier alpha value is -1.51. The molecule has 108 valence electrons. The first-order valence-corrected chi connectivity index (χ1v) is 8.88. The van der Waals surface area contributed by atoms with E-state index >= 15 is 0 Å². The molecule has 3 heterocycles. The molecule has 5 nitrogen and oxygen atoms in total. The molecule has 0 unspecified atom stereocenters. The molecule has 0 atom stereocenters. The molecule has 1 amide bonds. The monoisotopic (exact) mass is 336 g/mol. The molecule has 21 heavy (non-hydrogen) atoms. The van der Waals surface area contributed by atoms with Crippen LogP contribution in [-0.2, 0) is 4.79 Å². The van der Waals surface area contributed by atoms with Gasteiger partial charge in [-0.15, -0.1) is 32.9 Å². The molecule has 0 aromatic carbocycles. The lowest BCUT2D eigenvalue weighted by molar-refractivity contribution is -0.118. The first-order chi connectivity index (χ1) is 10.2. The molecule has 0 aliphatic carbocycles. The van der Waals surface area contributed by atoms with Crippen molar-refractivity contribution in [2.24, 2.45) is 0 Å². The molecule has 0 aliphatic heterocycles. The van der Waals surface area contributed by atoms with Crippen molar-refractivity contribution in [3.63, 3.8) is 0 Å². The van der Waals surface area contributed by atoms with Crippen LogP contribution >= 0.6 is 34.4 Å². The van der Waals surface area contributed by atoms with E-state index in [1.165, 1.54) is 11.8 Å². The Morgan fingerprint density at radius 2 is 2.29 bits per heavy atom. The van der Waals surface area contributed by atoms with Crippen LogP contribution < -0.4 is 5.32 Å². The smallest absolute Gasteiger partial charge is 0.230 e. The van der Waals surface area contributed by atoms with Crippen molar-refractivity contribution in [2.75, 3.05) is 12.8 Å². The highest BCUT2D eigenvalue weighted by Gasteiger charge is 2.16. The highest BCUT2D eigenvalue weighted by molar-refractivity contribution is 8.00. The molecule has 1 N–H and O–H groups in total. The third-order valence-corrected chi connectivity index (χ3v) is 5.58. The van der Waals surface area contributed by atoms with Crippen molar-refractivity contribution in [1.29, 1.82) is 0 Å². The van der Waals surface area contributed by atoms with Gasteiger partial charge in [-0.05, 0) is 18.4 Å². The van der Waals surface area contributed by atoms with E-state index in [0.29, 0.717) is 10.8 Å². The summed E-state index contributed by atoms with van der Waals surface area (Å²) in [4.78, 5) is 17.0. The normalized spacial score (nSPS) is 11.0. The number of nitrogens with one attached hydrogen (secondary N) is 1. The molecule has 0 saturated carbocycles. The maximum atomic E-state index is 11.4. The molecular formula is C13H12N4OS3. The minimum atomic E-state index is -0.0377. The summed E-state index contributed by atoms with van der Waals surface area (Å²) in [7, 11) is 1.62. The molecule has 3 aromatic rings. The Morgan fingerprint density at radius 3 is 3.00 bits per heavy atom. The third-order valence-electron chi connectivity index (χ3n) is 2.77. The Kier molecular flexibility index (Phi) is 4.18. The molecule has 8 heteroatoms. The number of thiazole rings is 1. The SMILES string of the molecule is CNC(=O)CSc1nnc(-c2cccs2)c2sc(C)nc12. The summed E-state index contributed by atoms with van der Waals surface area (Å²) in [6.45, 7) is 1.97. The van der Waals surface area contributed by atoms with Crippen LogP contribution in [0, 0.1) is 6.92 Å². The van der Waals surface area contributed by atoms with Crippen molar-refractivity contribution in [1.82, 2.24) is 20.5 Å². The van der Waals surface area contributed by atoms with Gasteiger partial charge >= 0.3 is 0 Å². The molecule has 0 bridgehead atoms. The minimum absolute atomic E-state index is 0.0377. The topological polar surface area (TPSA) is 67.8 Å². The van der Waals surface area contributed by atoms with E-state index in [-0.39, 0.29) is 5.91 Å². The fraction of sp³-hybridized carbons (Fsp3) is 0.231. The van der Waals surface area contributed by atoms with Crippen LogP contribution in [0.3, 0.4) is 0 Å². The number of aryl methyl sites for hydroxylation is 1. The summed E-state index contributed by atoms with van der Waals surface area (Å²) >= 11 is 4.61. The zero-order chi connectivity index (χ0) is 14.8. The minimum Gasteiger partial charge on any atom is -0.358 e. The second-order valence-corrected chi connectivity index (χ2v) is 7.32. The molecule has 0 fully saturated rings. The number of aromatic nitrogens is 3. The van der Waals surface area contributed by atoms with E-state index in [4.69, 9.17) is 0 Å². The van der Waals surface area contributed by atoms with E-state index in [1.54, 1.807) is 29.7 Å². The summed E-state index contributed by atoms with van der Waals surface area (Å²) in [6, 6.07) is 4.02. The van der Waals surface area contributed by atoms with Crippen LogP contribution in [-0.4, -0.2) is 33.9 Å². The van der Waals surface area contributed by atoms with E-state index in [2.05, 4.69) is 20.5 Å². The number of hydrogen-bond acceptors (Lipinski definition) is 7. The van der Waals surface area contributed by atoms with Gasteiger partial charge in [0.2, 0.25) is 5.91 Å². The van der Waals surface area contributed by atoms with Gasteiger partial charge in [0.05, 0.1) is 20.3 Å². The molecule has 0 radical (unpaired) electrons. The predicted octanol–water partition coefficient (Wildman–Crippen LogP) is 2.96. The molecule has 0 saturated heterocycles. The van der Waals surface area contributed by atoms with E-state index in [9.17, 15) is 4.79 Å². The van der Waals surface area contributed by atoms with E-state index in [1.807, 2.05) is 24.4 Å². The molecule has 3 rings (SSSR count). The molecular weight excluding hydrogens is 324 g/mol. The maximum absolute atomic E-state index is 11.4. The van der Waals surface area contributed by atoms with Crippen molar-refractivity contribution in [2.45, 2.75) is 11.9 Å². The van der Waals surface area contributed by atoms with Crippen molar-refractivity contribution < 1.29 is 4.79 Å². The lowest BCUT2D eigenvalue weighted by Gasteiger charge is -2.03. The number of thioether (sulfide) groups is 1. The second kappa shape index (κ2) is 6.08. The lowest BCUT2D eigenvalue weighted by Crippen LogP contribution is -2.19. The van der Waals surface area contributed by atoms with Gasteiger partial charge in [-0.3, -0.25) is 4.79 Å². The highest BCUT2D eigenvalue weighted by atomic mass is 32.2. The van der Waals surface area contributed by atoms with Gasteiger partial charge in [-0.25, -0.2) is 4.98 Å². The van der Waals surface area contributed by atoms with Gasteiger partial charge in [-0.1, -0.05) is 17.8 Å². The number of nitrogens with zero attached hydrogens (tertiary/aromatic N) is 3. The lowest BCUT2D eigenvalue weighted by atomic mass is 10.3. The number of fused-ring (bicyclic) bond motifs is 1. The molecule has 0 aliphatic rings. The largest absolute Gasteiger partial charge is 0.358 e. The number of thiophene rings is 1. The zero-order valence-electron chi connectivity index (χ0n) is 11.4. The van der Waals surface area contributed by atoms with Gasteiger partial charge < -0.3 is 5.32 Å². The number of hydrogen-bond donors (Lipinski definition) is 1. The van der Waals surface area contributed by atoms with Gasteiger partial charge in [-0.2, -0.15) is 0 Å². The van der Waals surface area contributed by atoms with Crippen molar-refractivity contribution in [3.05, 3.63) is 22.5 Å². The van der Waals surface area contributed by atoms with Crippen LogP contribution in [0.5, 0.6) is 0 Å². The predicted molar refractivity (Wildman–Crippen MR) is 88.1 cm³/mol. The Morgan fingerprint density at radius 1 is 1.43 bits per heavy atom. The summed E-state index contributed by atoms with van der Waals surface area (Å²) < 4.78 is 1.03. The van der Waals surface area contributed by atoms with Gasteiger partial charge in [0.25, 0.3) is 0 Å². The quantitative estimate of drug-likeness (QED) is 0.742. The van der Waals surface area contributed by atoms with Crippen LogP contribution in [0.15, 0.2) is 22.5 Å². The summed E-state index contributed by atoms with van der Waals surface area (Å²) in [5, 5.41) is 14.9. The molecule has 0 spiro atoms. The summed E-state index contributed by atoms with van der Waals surface area (Å²) in [6.07, 6.45) is 0. The second-order valence-electron chi connectivity index (χ2n) is 4.20. The van der Waals surface area contributed by atoms with Gasteiger partial charge in [0.15, 0.2) is 0 Å². The van der Waals surface area contributed by atoms with Crippen LogP contribution in [0.25, 0.3) is 20.8 Å². The summed E-state index contributed by atoms with van der Waals surface area (Å²) in [5.41, 5.74) is 1.71. The third kappa shape index (κ3) is 2.92. The number of rotatable bonds is 4. The fourth-order valence-electron chi connectivity index (χ4n) is 1.80. The van der Waals surface area contributed by atoms with Crippen LogP contribution in [0.4, 0.5) is 0 Å². The highest BCUT2D eigenvalue weighted by Crippen LogP contribution is 2.36.